The van der Waals surface area contributed by atoms with Crippen LogP contribution in [-0.4, -0.2) is 79.5 Å². The number of hydrogen-bond donors (Lipinski definition) is 2. The first-order valence-corrected chi connectivity index (χ1v) is 10.8. The second-order valence-electron chi connectivity index (χ2n) is 7.90. The molecule has 158 valence electrons. The number of likely N-dealkylation sites (tertiary alicyclic amines) is 1. The van der Waals surface area contributed by atoms with Crippen LogP contribution in [0.15, 0.2) is 12.1 Å². The lowest BCUT2D eigenvalue weighted by Gasteiger charge is -2.35. The molecule has 3 heterocycles. The molecule has 0 radical (unpaired) electrons. The Balaban J connectivity index is 1.49. The van der Waals surface area contributed by atoms with Gasteiger partial charge in [0.15, 0.2) is 5.13 Å². The number of carbonyl (C=O) groups excluding carboxylic acids is 1. The molecule has 2 fully saturated rings. The van der Waals surface area contributed by atoms with Crippen LogP contribution in [0.5, 0.6) is 5.75 Å². The molecular weight excluding hydrogens is 392 g/mol. The molecule has 4 rings (SSSR count). The third kappa shape index (κ3) is 4.63. The van der Waals surface area contributed by atoms with Crippen molar-refractivity contribution >= 4 is 38.3 Å². The van der Waals surface area contributed by atoms with Crippen LogP contribution in [0.1, 0.15) is 19.8 Å². The molecule has 29 heavy (non-hydrogen) atoms. The van der Waals surface area contributed by atoms with Gasteiger partial charge in [-0.15, -0.1) is 0 Å². The average molecular weight is 421 g/mol. The number of amides is 1. The van der Waals surface area contributed by atoms with Crippen LogP contribution < -0.4 is 15.0 Å². The van der Waals surface area contributed by atoms with E-state index in [1.54, 1.807) is 7.11 Å². The van der Waals surface area contributed by atoms with Gasteiger partial charge < -0.3 is 24.8 Å². The number of fused-ring (bicyclic) bond motifs is 1. The fourth-order valence-corrected chi connectivity index (χ4v) is 4.84. The first kappa shape index (κ1) is 20.3. The van der Waals surface area contributed by atoms with E-state index < -0.39 is 5.60 Å². The SMILES string of the molecule is COc1ccc(N2CCOCC2)c2sc(NC(=O)CN3CCC(C)(O)CC3)nc12. The number of morpholine rings is 1. The predicted molar refractivity (Wildman–Crippen MR) is 114 cm³/mol. The molecule has 0 unspecified atom stereocenters. The molecule has 0 atom stereocenters. The van der Waals surface area contributed by atoms with Gasteiger partial charge in [-0.3, -0.25) is 9.69 Å². The Morgan fingerprint density at radius 2 is 2.03 bits per heavy atom. The van der Waals surface area contributed by atoms with Crippen LogP contribution in [0, 0.1) is 0 Å². The van der Waals surface area contributed by atoms with Crippen LogP contribution in [0.3, 0.4) is 0 Å². The van der Waals surface area contributed by atoms with Crippen molar-refractivity contribution in [2.24, 2.45) is 0 Å². The van der Waals surface area contributed by atoms with Gasteiger partial charge in [0.25, 0.3) is 0 Å². The molecule has 2 aliphatic rings. The number of piperidine rings is 1. The number of methoxy groups -OCH3 is 1. The summed E-state index contributed by atoms with van der Waals surface area (Å²) in [7, 11) is 1.63. The summed E-state index contributed by atoms with van der Waals surface area (Å²) in [4.78, 5) is 21.5. The number of nitrogens with zero attached hydrogens (tertiary/aromatic N) is 3. The van der Waals surface area contributed by atoms with Gasteiger partial charge in [-0.1, -0.05) is 11.3 Å². The topological polar surface area (TPSA) is 87.2 Å². The van der Waals surface area contributed by atoms with E-state index in [1.165, 1.54) is 11.3 Å². The smallest absolute Gasteiger partial charge is 0.240 e. The summed E-state index contributed by atoms with van der Waals surface area (Å²) < 4.78 is 12.0. The number of carbonyl (C=O) groups is 1. The molecule has 9 heteroatoms. The zero-order valence-electron chi connectivity index (χ0n) is 16.9. The maximum atomic E-state index is 12.6. The summed E-state index contributed by atoms with van der Waals surface area (Å²) in [5.74, 6) is 0.615. The minimum Gasteiger partial charge on any atom is -0.494 e. The number of thiazole rings is 1. The second-order valence-corrected chi connectivity index (χ2v) is 8.90. The Labute approximate surface area is 174 Å². The molecule has 1 amide bonds. The van der Waals surface area contributed by atoms with Gasteiger partial charge >= 0.3 is 0 Å². The Bertz CT molecular complexity index is 869. The lowest BCUT2D eigenvalue weighted by molar-refractivity contribution is -0.118. The van der Waals surface area contributed by atoms with Gasteiger partial charge in [-0.25, -0.2) is 4.98 Å². The lowest BCUT2D eigenvalue weighted by atomic mass is 9.94. The van der Waals surface area contributed by atoms with E-state index in [4.69, 9.17) is 9.47 Å². The number of anilines is 2. The van der Waals surface area contributed by atoms with E-state index in [9.17, 15) is 9.90 Å². The Kier molecular flexibility index (Phi) is 5.91. The van der Waals surface area contributed by atoms with Gasteiger partial charge in [0.1, 0.15) is 11.3 Å². The maximum absolute atomic E-state index is 12.6. The van der Waals surface area contributed by atoms with Crippen LogP contribution in [0.2, 0.25) is 0 Å². The summed E-state index contributed by atoms with van der Waals surface area (Å²) in [6.45, 7) is 6.67. The van der Waals surface area contributed by atoms with Crippen molar-refractivity contribution in [2.75, 3.05) is 63.3 Å². The molecular formula is C20H28N4O4S. The van der Waals surface area contributed by atoms with Gasteiger partial charge in [0.2, 0.25) is 5.91 Å². The Morgan fingerprint density at radius 1 is 1.31 bits per heavy atom. The zero-order valence-corrected chi connectivity index (χ0v) is 17.8. The molecule has 1 aromatic heterocycles. The first-order chi connectivity index (χ1) is 13.9. The zero-order chi connectivity index (χ0) is 20.4. The highest BCUT2D eigenvalue weighted by Gasteiger charge is 2.28. The number of benzene rings is 1. The molecule has 0 saturated carbocycles. The van der Waals surface area contributed by atoms with Crippen molar-refractivity contribution in [3.63, 3.8) is 0 Å². The second kappa shape index (κ2) is 8.43. The third-order valence-electron chi connectivity index (χ3n) is 5.60. The summed E-state index contributed by atoms with van der Waals surface area (Å²) in [5.41, 5.74) is 1.25. The molecule has 2 aliphatic heterocycles. The number of rotatable bonds is 5. The van der Waals surface area contributed by atoms with Crippen LogP contribution in [0.25, 0.3) is 10.2 Å². The van der Waals surface area contributed by atoms with E-state index in [1.807, 2.05) is 13.0 Å². The van der Waals surface area contributed by atoms with Gasteiger partial charge in [0.05, 0.1) is 42.9 Å². The largest absolute Gasteiger partial charge is 0.494 e. The Morgan fingerprint density at radius 3 is 2.72 bits per heavy atom. The summed E-state index contributed by atoms with van der Waals surface area (Å²) in [6, 6.07) is 3.98. The molecule has 0 aliphatic carbocycles. The van der Waals surface area contributed by atoms with Gasteiger partial charge in [0, 0.05) is 26.2 Å². The minimum absolute atomic E-state index is 0.0857. The highest BCUT2D eigenvalue weighted by atomic mass is 32.1. The standard InChI is InChI=1S/C20H28N4O4S/c1-20(26)5-7-23(8-6-20)13-16(25)21-19-22-17-15(27-2)4-3-14(18(17)29-19)24-9-11-28-12-10-24/h3-4,26H,5-13H2,1-2H3,(H,21,22,25). The highest BCUT2D eigenvalue weighted by Crippen LogP contribution is 2.39. The fourth-order valence-electron chi connectivity index (χ4n) is 3.80. The normalized spacial score (nSPS) is 20.0. The summed E-state index contributed by atoms with van der Waals surface area (Å²) in [5, 5.41) is 13.6. The van der Waals surface area contributed by atoms with Crippen molar-refractivity contribution < 1.29 is 19.4 Å². The predicted octanol–water partition coefficient (Wildman–Crippen LogP) is 1.93. The lowest BCUT2D eigenvalue weighted by Crippen LogP contribution is -2.45. The quantitative estimate of drug-likeness (QED) is 0.764. The molecule has 8 nitrogen and oxygen atoms in total. The highest BCUT2D eigenvalue weighted by molar-refractivity contribution is 7.23. The molecule has 0 bridgehead atoms. The number of hydrogen-bond acceptors (Lipinski definition) is 8. The van der Waals surface area contributed by atoms with E-state index in [0.717, 1.165) is 42.1 Å². The molecule has 2 N–H and O–H groups in total. The maximum Gasteiger partial charge on any atom is 0.240 e. The van der Waals surface area contributed by atoms with Crippen LogP contribution in [-0.2, 0) is 9.53 Å². The van der Waals surface area contributed by atoms with Crippen molar-refractivity contribution in [1.82, 2.24) is 9.88 Å². The van der Waals surface area contributed by atoms with Crippen molar-refractivity contribution in [3.05, 3.63) is 12.1 Å². The number of ether oxygens (including phenoxy) is 2. The number of aromatic nitrogens is 1. The van der Waals surface area contributed by atoms with E-state index in [0.29, 0.717) is 43.5 Å². The van der Waals surface area contributed by atoms with Crippen LogP contribution >= 0.6 is 11.3 Å². The van der Waals surface area contributed by atoms with Crippen molar-refractivity contribution in [2.45, 2.75) is 25.4 Å². The Hall–Kier alpha value is -1.94. The monoisotopic (exact) mass is 420 g/mol. The van der Waals surface area contributed by atoms with Gasteiger partial charge in [-0.2, -0.15) is 0 Å². The molecule has 2 saturated heterocycles. The molecule has 0 spiro atoms. The molecule has 1 aromatic carbocycles. The van der Waals surface area contributed by atoms with Crippen LogP contribution in [0.4, 0.5) is 10.8 Å². The summed E-state index contributed by atoms with van der Waals surface area (Å²) >= 11 is 1.47. The molecule has 2 aromatic rings. The third-order valence-corrected chi connectivity index (χ3v) is 6.60. The summed E-state index contributed by atoms with van der Waals surface area (Å²) in [6.07, 6.45) is 1.36. The van der Waals surface area contributed by atoms with E-state index in [2.05, 4.69) is 26.2 Å². The average Bonchev–Trinajstić information content (AvgIpc) is 3.13. The number of nitrogens with one attached hydrogen (secondary N) is 1. The van der Waals surface area contributed by atoms with E-state index >= 15 is 0 Å². The van der Waals surface area contributed by atoms with Gasteiger partial charge in [-0.05, 0) is 31.9 Å². The number of aliphatic hydroxyl groups is 1. The van der Waals surface area contributed by atoms with Crippen molar-refractivity contribution in [1.29, 1.82) is 0 Å². The minimum atomic E-state index is -0.619. The first-order valence-electron chi connectivity index (χ1n) is 10.00. The van der Waals surface area contributed by atoms with E-state index in [-0.39, 0.29) is 5.91 Å². The fraction of sp³-hybridized carbons (Fsp3) is 0.600. The van der Waals surface area contributed by atoms with Crippen molar-refractivity contribution in [3.8, 4) is 5.75 Å².